The summed E-state index contributed by atoms with van der Waals surface area (Å²) in [6, 6.07) is 5.56. The number of nitrogens with zero attached hydrogens (tertiary/aromatic N) is 1. The average molecular weight is 387 g/mol. The quantitative estimate of drug-likeness (QED) is 0.639. The van der Waals surface area contributed by atoms with Gasteiger partial charge in [0, 0.05) is 19.5 Å². The van der Waals surface area contributed by atoms with Crippen molar-refractivity contribution >= 4 is 29.1 Å². The van der Waals surface area contributed by atoms with Crippen LogP contribution in [0, 0.1) is 0 Å². The highest BCUT2D eigenvalue weighted by Gasteiger charge is 2.22. The van der Waals surface area contributed by atoms with Crippen LogP contribution in [0.25, 0.3) is 0 Å². The van der Waals surface area contributed by atoms with Gasteiger partial charge in [-0.15, -0.1) is 0 Å². The first kappa shape index (κ1) is 20.5. The maximum Gasteiger partial charge on any atom is 0.222 e. The van der Waals surface area contributed by atoms with Crippen LogP contribution in [0.15, 0.2) is 18.2 Å². The van der Waals surface area contributed by atoms with Crippen LogP contribution in [-0.4, -0.2) is 36.5 Å². The molecule has 1 saturated heterocycles. The molecule has 0 aliphatic carbocycles. The third-order valence-electron chi connectivity index (χ3n) is 4.61. The number of unbranched alkanes of at least 4 members (excludes halogenated alkanes) is 3. The van der Waals surface area contributed by atoms with Gasteiger partial charge < -0.3 is 15.4 Å². The lowest BCUT2D eigenvalue weighted by molar-refractivity contribution is -0.134. The number of hydrogen-bond acceptors (Lipinski definition) is 3. The van der Waals surface area contributed by atoms with Crippen molar-refractivity contribution in [2.75, 3.05) is 19.6 Å². The number of rotatable bonds is 9. The van der Waals surface area contributed by atoms with Crippen LogP contribution >= 0.6 is 23.2 Å². The average Bonchev–Trinajstić information content (AvgIpc) is 2.63. The van der Waals surface area contributed by atoms with Gasteiger partial charge in [0.25, 0.3) is 0 Å². The Bertz CT molecular complexity index is 546. The fraction of sp³-hybridized carbons (Fsp3) is 0.632. The Morgan fingerprint density at radius 2 is 1.84 bits per heavy atom. The molecule has 0 spiro atoms. The molecule has 0 radical (unpaired) electrons. The van der Waals surface area contributed by atoms with Gasteiger partial charge in [-0.1, -0.05) is 42.1 Å². The molecular formula is C19H28Cl2N2O2. The standard InChI is InChI=1S/C19H28Cl2N2O2/c20-17-7-6-15(13-18(17)21)14-25-16-8-11-23(12-9-16)19(24)5-3-1-2-4-10-22/h6-7,13,16H,1-5,8-12,14,22H2. The van der Waals surface area contributed by atoms with Gasteiger partial charge in [-0.25, -0.2) is 0 Å². The number of carbonyl (C=O) groups is 1. The van der Waals surface area contributed by atoms with Crippen LogP contribution in [0.4, 0.5) is 0 Å². The smallest absolute Gasteiger partial charge is 0.222 e. The minimum atomic E-state index is 0.197. The SMILES string of the molecule is NCCCCCCC(=O)N1CCC(OCc2ccc(Cl)c(Cl)c2)CC1. The van der Waals surface area contributed by atoms with Crippen LogP contribution in [0.2, 0.25) is 10.0 Å². The molecule has 140 valence electrons. The normalized spacial score (nSPS) is 15.6. The number of nitrogens with two attached hydrogens (primary N) is 1. The lowest BCUT2D eigenvalue weighted by Crippen LogP contribution is -2.40. The molecule has 1 aliphatic rings. The Morgan fingerprint density at radius 3 is 2.52 bits per heavy atom. The third-order valence-corrected chi connectivity index (χ3v) is 5.35. The third kappa shape index (κ3) is 7.14. The minimum Gasteiger partial charge on any atom is -0.373 e. The van der Waals surface area contributed by atoms with E-state index in [2.05, 4.69) is 0 Å². The zero-order valence-electron chi connectivity index (χ0n) is 14.7. The Morgan fingerprint density at radius 1 is 1.12 bits per heavy atom. The number of amides is 1. The van der Waals surface area contributed by atoms with Crippen molar-refractivity contribution in [3.05, 3.63) is 33.8 Å². The molecule has 25 heavy (non-hydrogen) atoms. The Hall–Kier alpha value is -0.810. The van der Waals surface area contributed by atoms with E-state index in [0.717, 1.165) is 63.7 Å². The molecule has 2 N–H and O–H groups in total. The van der Waals surface area contributed by atoms with Crippen molar-refractivity contribution in [1.82, 2.24) is 4.90 Å². The van der Waals surface area contributed by atoms with Crippen LogP contribution in [0.3, 0.4) is 0 Å². The largest absolute Gasteiger partial charge is 0.373 e. The fourth-order valence-electron chi connectivity index (χ4n) is 3.05. The molecule has 0 bridgehead atoms. The Balaban J connectivity index is 1.63. The van der Waals surface area contributed by atoms with Crippen LogP contribution < -0.4 is 5.73 Å². The zero-order valence-corrected chi connectivity index (χ0v) is 16.2. The summed E-state index contributed by atoms with van der Waals surface area (Å²) in [7, 11) is 0. The lowest BCUT2D eigenvalue weighted by Gasteiger charge is -2.32. The van der Waals surface area contributed by atoms with E-state index in [-0.39, 0.29) is 12.0 Å². The predicted octanol–water partition coefficient (Wildman–Crippen LogP) is 4.41. The zero-order chi connectivity index (χ0) is 18.1. The Kier molecular flexibility index (Phi) is 9.04. The topological polar surface area (TPSA) is 55.6 Å². The van der Waals surface area contributed by atoms with E-state index in [1.165, 1.54) is 0 Å². The molecule has 1 aromatic rings. The molecule has 1 aromatic carbocycles. The van der Waals surface area contributed by atoms with Crippen molar-refractivity contribution in [2.24, 2.45) is 5.73 Å². The first-order valence-corrected chi connectivity index (χ1v) is 9.89. The van der Waals surface area contributed by atoms with E-state index >= 15 is 0 Å². The number of hydrogen-bond donors (Lipinski definition) is 1. The summed E-state index contributed by atoms with van der Waals surface area (Å²) in [5.41, 5.74) is 6.50. The van der Waals surface area contributed by atoms with Gasteiger partial charge in [-0.2, -0.15) is 0 Å². The number of carbonyl (C=O) groups excluding carboxylic acids is 1. The monoisotopic (exact) mass is 386 g/mol. The van der Waals surface area contributed by atoms with Crippen molar-refractivity contribution in [2.45, 2.75) is 57.7 Å². The highest BCUT2D eigenvalue weighted by molar-refractivity contribution is 6.42. The minimum absolute atomic E-state index is 0.197. The summed E-state index contributed by atoms with van der Waals surface area (Å²) in [5.74, 6) is 0.274. The van der Waals surface area contributed by atoms with Crippen molar-refractivity contribution in [3.8, 4) is 0 Å². The van der Waals surface area contributed by atoms with Crippen molar-refractivity contribution in [1.29, 1.82) is 0 Å². The first-order chi connectivity index (χ1) is 12.1. The van der Waals surface area contributed by atoms with E-state index in [4.69, 9.17) is 33.7 Å². The van der Waals surface area contributed by atoms with Crippen molar-refractivity contribution < 1.29 is 9.53 Å². The van der Waals surface area contributed by atoms with Gasteiger partial charge in [0.05, 0.1) is 22.8 Å². The molecule has 0 atom stereocenters. The van der Waals surface area contributed by atoms with Crippen molar-refractivity contribution in [3.63, 3.8) is 0 Å². The lowest BCUT2D eigenvalue weighted by atomic mass is 10.1. The maximum atomic E-state index is 12.2. The summed E-state index contributed by atoms with van der Waals surface area (Å²) in [6.07, 6.45) is 6.85. The number of piperidine rings is 1. The molecular weight excluding hydrogens is 359 g/mol. The summed E-state index contributed by atoms with van der Waals surface area (Å²) in [5, 5.41) is 1.11. The van der Waals surface area contributed by atoms with E-state index in [1.54, 1.807) is 6.07 Å². The van der Waals surface area contributed by atoms with Gasteiger partial charge in [0.15, 0.2) is 0 Å². The molecule has 1 heterocycles. The highest BCUT2D eigenvalue weighted by Crippen LogP contribution is 2.24. The van der Waals surface area contributed by atoms with E-state index in [1.807, 2.05) is 17.0 Å². The van der Waals surface area contributed by atoms with Crippen LogP contribution in [0.1, 0.15) is 50.5 Å². The maximum absolute atomic E-state index is 12.2. The summed E-state index contributed by atoms with van der Waals surface area (Å²) >= 11 is 11.9. The fourth-order valence-corrected chi connectivity index (χ4v) is 3.37. The van der Waals surface area contributed by atoms with E-state index in [0.29, 0.717) is 23.1 Å². The molecule has 0 saturated carbocycles. The molecule has 2 rings (SSSR count). The number of likely N-dealkylation sites (tertiary alicyclic amines) is 1. The van der Waals surface area contributed by atoms with Crippen LogP contribution in [-0.2, 0) is 16.1 Å². The summed E-state index contributed by atoms with van der Waals surface area (Å²) in [4.78, 5) is 14.2. The predicted molar refractivity (Wildman–Crippen MR) is 103 cm³/mol. The molecule has 1 aliphatic heterocycles. The highest BCUT2D eigenvalue weighted by atomic mass is 35.5. The molecule has 0 unspecified atom stereocenters. The second-order valence-corrected chi connectivity index (χ2v) is 7.41. The van der Waals surface area contributed by atoms with Gasteiger partial charge in [0.2, 0.25) is 5.91 Å². The number of benzene rings is 1. The number of halogens is 2. The van der Waals surface area contributed by atoms with Gasteiger partial charge in [0.1, 0.15) is 0 Å². The number of ether oxygens (including phenoxy) is 1. The first-order valence-electron chi connectivity index (χ1n) is 9.13. The summed E-state index contributed by atoms with van der Waals surface area (Å²) in [6.45, 7) is 2.83. The second-order valence-electron chi connectivity index (χ2n) is 6.59. The summed E-state index contributed by atoms with van der Waals surface area (Å²) < 4.78 is 5.97. The molecule has 1 amide bonds. The van der Waals surface area contributed by atoms with Gasteiger partial charge in [-0.3, -0.25) is 4.79 Å². The molecule has 6 heteroatoms. The van der Waals surface area contributed by atoms with Gasteiger partial charge >= 0.3 is 0 Å². The second kappa shape index (κ2) is 11.0. The van der Waals surface area contributed by atoms with E-state index < -0.39 is 0 Å². The van der Waals surface area contributed by atoms with E-state index in [9.17, 15) is 4.79 Å². The molecule has 0 aromatic heterocycles. The Labute approximate surface area is 160 Å². The molecule has 1 fully saturated rings. The van der Waals surface area contributed by atoms with Gasteiger partial charge in [-0.05, 0) is 49.9 Å². The van der Waals surface area contributed by atoms with Crippen LogP contribution in [0.5, 0.6) is 0 Å². The molecule has 4 nitrogen and oxygen atoms in total.